The van der Waals surface area contributed by atoms with Crippen LogP contribution in [0.25, 0.3) is 0 Å². The highest BCUT2D eigenvalue weighted by molar-refractivity contribution is 6.69. The van der Waals surface area contributed by atoms with Crippen LogP contribution in [-0.4, -0.2) is 44.6 Å². The first-order valence-electron chi connectivity index (χ1n) is 11.3. The Hall–Kier alpha value is -1.99. The summed E-state index contributed by atoms with van der Waals surface area (Å²) >= 11 is 0. The molecule has 6 heteroatoms. The Morgan fingerprint density at radius 3 is 1.77 bits per heavy atom. The summed E-state index contributed by atoms with van der Waals surface area (Å²) < 4.78 is 6.96. The molecule has 0 aromatic heterocycles. The monoisotopic (exact) mass is 440 g/mol. The van der Waals surface area contributed by atoms with Crippen LogP contribution in [0, 0.1) is 0 Å². The number of benzene rings is 2. The normalized spacial score (nSPS) is 21.4. The van der Waals surface area contributed by atoms with Crippen LogP contribution in [0.3, 0.4) is 0 Å². The first-order valence-corrected chi connectivity index (χ1v) is 14.7. The van der Waals surface area contributed by atoms with E-state index in [0.717, 1.165) is 32.4 Å². The van der Waals surface area contributed by atoms with Crippen molar-refractivity contribution in [2.75, 3.05) is 13.1 Å². The maximum Gasteiger partial charge on any atom is 0.320 e. The molecule has 0 bridgehead atoms. The average Bonchev–Trinajstić information content (AvgIpc) is 3.47. The molecule has 0 radical (unpaired) electrons. The minimum Gasteiger partial charge on any atom is -0.480 e. The fourth-order valence-corrected chi connectivity index (χ4v) is 5.88. The van der Waals surface area contributed by atoms with E-state index in [0.29, 0.717) is 6.04 Å². The Morgan fingerprint density at radius 1 is 0.903 bits per heavy atom. The SMILES string of the molecule is C[Si](C)(C)OC(c1ccccc1)(c1ccccc1)[C@@H]1CCCN1.O=C(O)[C@@H]1CCCN1. The van der Waals surface area contributed by atoms with Gasteiger partial charge in [0.1, 0.15) is 11.6 Å². The van der Waals surface area contributed by atoms with Crippen LogP contribution >= 0.6 is 0 Å². The van der Waals surface area contributed by atoms with Crippen LogP contribution in [0.4, 0.5) is 0 Å². The van der Waals surface area contributed by atoms with Crippen LogP contribution < -0.4 is 10.6 Å². The van der Waals surface area contributed by atoms with E-state index in [2.05, 4.69) is 90.9 Å². The lowest BCUT2D eigenvalue weighted by molar-refractivity contribution is -0.139. The van der Waals surface area contributed by atoms with Gasteiger partial charge in [0.25, 0.3) is 0 Å². The highest BCUT2D eigenvalue weighted by atomic mass is 28.4. The number of carboxylic acid groups (broad SMARTS) is 1. The summed E-state index contributed by atoms with van der Waals surface area (Å²) in [6.07, 6.45) is 4.14. The van der Waals surface area contributed by atoms with Gasteiger partial charge in [0.05, 0.1) is 0 Å². The topological polar surface area (TPSA) is 70.6 Å². The average molecular weight is 441 g/mol. The molecule has 0 amide bonds. The van der Waals surface area contributed by atoms with Crippen molar-refractivity contribution in [1.82, 2.24) is 10.6 Å². The van der Waals surface area contributed by atoms with E-state index < -0.39 is 19.9 Å². The maximum atomic E-state index is 10.1. The van der Waals surface area contributed by atoms with Gasteiger partial charge in [0.2, 0.25) is 0 Å². The second-order valence-corrected chi connectivity index (χ2v) is 13.7. The molecule has 0 spiro atoms. The van der Waals surface area contributed by atoms with Gasteiger partial charge < -0.3 is 20.2 Å². The molecule has 0 saturated carbocycles. The van der Waals surface area contributed by atoms with Gasteiger partial charge in [0.15, 0.2) is 8.32 Å². The molecule has 2 saturated heterocycles. The quantitative estimate of drug-likeness (QED) is 0.582. The van der Waals surface area contributed by atoms with E-state index in [1.54, 1.807) is 0 Å². The van der Waals surface area contributed by atoms with Crippen molar-refractivity contribution in [1.29, 1.82) is 0 Å². The predicted octanol–water partition coefficient (Wildman–Crippen LogP) is 4.36. The molecule has 0 unspecified atom stereocenters. The molecular weight excluding hydrogens is 404 g/mol. The van der Waals surface area contributed by atoms with E-state index >= 15 is 0 Å². The highest BCUT2D eigenvalue weighted by Crippen LogP contribution is 2.42. The lowest BCUT2D eigenvalue weighted by Gasteiger charge is -2.44. The third-order valence-corrected chi connectivity index (χ3v) is 6.72. The van der Waals surface area contributed by atoms with Crippen molar-refractivity contribution in [3.05, 3.63) is 71.8 Å². The van der Waals surface area contributed by atoms with Crippen molar-refractivity contribution in [2.24, 2.45) is 0 Å². The minimum atomic E-state index is -1.77. The van der Waals surface area contributed by atoms with Gasteiger partial charge >= 0.3 is 5.97 Å². The molecule has 5 nitrogen and oxygen atoms in total. The maximum absolute atomic E-state index is 10.1. The molecule has 2 heterocycles. The molecule has 4 rings (SSSR count). The number of hydrogen-bond donors (Lipinski definition) is 3. The smallest absolute Gasteiger partial charge is 0.320 e. The summed E-state index contributed by atoms with van der Waals surface area (Å²) in [4.78, 5) is 10.1. The van der Waals surface area contributed by atoms with Crippen molar-refractivity contribution in [2.45, 2.75) is 63.0 Å². The molecule has 3 N–H and O–H groups in total. The van der Waals surface area contributed by atoms with Gasteiger partial charge in [-0.05, 0) is 69.5 Å². The fourth-order valence-electron chi connectivity index (χ4n) is 4.54. The molecule has 0 aliphatic carbocycles. The van der Waals surface area contributed by atoms with Crippen LogP contribution in [0.15, 0.2) is 60.7 Å². The zero-order chi connectivity index (χ0) is 22.3. The molecule has 2 aliphatic rings. The lowest BCUT2D eigenvalue weighted by atomic mass is 9.79. The third kappa shape index (κ3) is 6.04. The van der Waals surface area contributed by atoms with Crippen LogP contribution in [0.1, 0.15) is 36.8 Å². The Balaban J connectivity index is 0.000000287. The van der Waals surface area contributed by atoms with E-state index in [1.807, 2.05) is 0 Å². The summed E-state index contributed by atoms with van der Waals surface area (Å²) in [5, 5.41) is 14.9. The summed E-state index contributed by atoms with van der Waals surface area (Å²) in [7, 11) is -1.77. The molecule has 168 valence electrons. The summed E-state index contributed by atoms with van der Waals surface area (Å²) in [6, 6.07) is 21.6. The number of rotatable bonds is 6. The zero-order valence-corrected chi connectivity index (χ0v) is 19.9. The summed E-state index contributed by atoms with van der Waals surface area (Å²) in [5.41, 5.74) is 2.12. The van der Waals surface area contributed by atoms with E-state index in [-0.39, 0.29) is 6.04 Å². The minimum absolute atomic E-state index is 0.269. The second kappa shape index (κ2) is 10.5. The van der Waals surface area contributed by atoms with E-state index in [9.17, 15) is 4.79 Å². The molecule has 2 aromatic carbocycles. The van der Waals surface area contributed by atoms with Crippen LogP contribution in [-0.2, 0) is 14.8 Å². The number of aliphatic carboxylic acids is 1. The van der Waals surface area contributed by atoms with Crippen molar-refractivity contribution < 1.29 is 14.3 Å². The number of carboxylic acids is 1. The van der Waals surface area contributed by atoms with Crippen molar-refractivity contribution in [3.63, 3.8) is 0 Å². The standard InChI is InChI=1S/C20H27NOSi.C5H9NO2/c1-23(2,3)22-20(19-15-10-16-21-19,17-11-6-4-7-12-17)18-13-8-5-9-14-18;7-5(8)4-2-1-3-6-4/h4-9,11-14,19,21H,10,15-16H2,1-3H3;4,6H,1-3H2,(H,7,8)/t19-;4-/m00/s1. The highest BCUT2D eigenvalue weighted by Gasteiger charge is 2.46. The first kappa shape index (κ1) is 23.7. The van der Waals surface area contributed by atoms with Crippen molar-refractivity contribution in [3.8, 4) is 0 Å². The van der Waals surface area contributed by atoms with Gasteiger partial charge in [-0.3, -0.25) is 4.79 Å². The van der Waals surface area contributed by atoms with Gasteiger partial charge in [-0.15, -0.1) is 0 Å². The number of hydrogen-bond acceptors (Lipinski definition) is 4. The molecule has 2 atom stereocenters. The zero-order valence-electron chi connectivity index (χ0n) is 18.9. The molecule has 2 aromatic rings. The van der Waals surface area contributed by atoms with Gasteiger partial charge in [0, 0.05) is 6.04 Å². The second-order valence-electron chi connectivity index (χ2n) is 9.32. The first-order chi connectivity index (χ1) is 14.8. The molecular formula is C25H36N2O3Si. The summed E-state index contributed by atoms with van der Waals surface area (Å²) in [6.45, 7) is 8.77. The van der Waals surface area contributed by atoms with Crippen molar-refractivity contribution >= 4 is 14.3 Å². The van der Waals surface area contributed by atoms with Gasteiger partial charge in [-0.25, -0.2) is 0 Å². The largest absolute Gasteiger partial charge is 0.480 e. The Kier molecular flexibility index (Phi) is 8.05. The molecule has 2 fully saturated rings. The lowest BCUT2D eigenvalue weighted by Crippen LogP contribution is -2.53. The van der Waals surface area contributed by atoms with Crippen LogP contribution in [0.2, 0.25) is 19.6 Å². The molecule has 2 aliphatic heterocycles. The van der Waals surface area contributed by atoms with Gasteiger partial charge in [-0.2, -0.15) is 0 Å². The van der Waals surface area contributed by atoms with Gasteiger partial charge in [-0.1, -0.05) is 60.7 Å². The summed E-state index contributed by atoms with van der Waals surface area (Å²) in [5.74, 6) is -0.720. The number of nitrogens with one attached hydrogen (secondary N) is 2. The Bertz CT molecular complexity index is 772. The third-order valence-electron chi connectivity index (χ3n) is 5.78. The molecule has 31 heavy (non-hydrogen) atoms. The Labute approximate surface area is 187 Å². The number of carbonyl (C=O) groups is 1. The predicted molar refractivity (Wildman–Crippen MR) is 128 cm³/mol. The van der Waals surface area contributed by atoms with E-state index in [1.165, 1.54) is 17.5 Å². The van der Waals surface area contributed by atoms with E-state index in [4.69, 9.17) is 9.53 Å². The van der Waals surface area contributed by atoms with Crippen LogP contribution in [0.5, 0.6) is 0 Å². The Morgan fingerprint density at radius 2 is 1.42 bits per heavy atom. The fraction of sp³-hybridized carbons (Fsp3) is 0.480.